The lowest BCUT2D eigenvalue weighted by Gasteiger charge is -2.32. The number of piperazine rings is 1. The van der Waals surface area contributed by atoms with Gasteiger partial charge in [-0.15, -0.1) is 24.8 Å². The van der Waals surface area contributed by atoms with Gasteiger partial charge in [0.05, 0.1) is 4.92 Å². The number of nitrogens with zero attached hydrogens (tertiary/aromatic N) is 2. The van der Waals surface area contributed by atoms with Crippen molar-refractivity contribution in [1.82, 2.24) is 10.2 Å². The van der Waals surface area contributed by atoms with Crippen molar-refractivity contribution in [3.63, 3.8) is 0 Å². The average Bonchev–Trinajstić information content (AvgIpc) is 2.38. The van der Waals surface area contributed by atoms with Crippen LogP contribution in [0.4, 0.5) is 10.1 Å². The smallest absolute Gasteiger partial charge is 0.274 e. The molecule has 1 aliphatic rings. The Balaban J connectivity index is 0.00000180. The largest absolute Gasteiger partial charge is 0.314 e. The average molecular weight is 326 g/mol. The zero-order valence-electron chi connectivity index (χ0n) is 11.0. The van der Waals surface area contributed by atoms with Crippen molar-refractivity contribution in [2.75, 3.05) is 26.2 Å². The summed E-state index contributed by atoms with van der Waals surface area (Å²) in [6, 6.07) is 3.49. The van der Waals surface area contributed by atoms with Gasteiger partial charge >= 0.3 is 0 Å². The maximum Gasteiger partial charge on any atom is 0.274 e. The molecule has 1 fully saturated rings. The van der Waals surface area contributed by atoms with E-state index in [9.17, 15) is 14.5 Å². The molecule has 5 nitrogen and oxygen atoms in total. The first-order chi connectivity index (χ1) is 8.59. The Kier molecular flexibility index (Phi) is 7.96. The Morgan fingerprint density at radius 1 is 1.35 bits per heavy atom. The van der Waals surface area contributed by atoms with Gasteiger partial charge in [0.2, 0.25) is 0 Å². The molecule has 0 amide bonds. The van der Waals surface area contributed by atoms with Crippen LogP contribution >= 0.6 is 24.8 Å². The number of rotatable bonds is 3. The molecule has 0 unspecified atom stereocenters. The topological polar surface area (TPSA) is 58.4 Å². The molecule has 1 atom stereocenters. The number of nitro benzene ring substituents is 1. The molecule has 0 aliphatic carbocycles. The van der Waals surface area contributed by atoms with E-state index in [1.54, 1.807) is 0 Å². The number of hydrogen-bond acceptors (Lipinski definition) is 4. The van der Waals surface area contributed by atoms with Crippen molar-refractivity contribution in [2.24, 2.45) is 0 Å². The fraction of sp³-hybridized carbons (Fsp3) is 0.500. The summed E-state index contributed by atoms with van der Waals surface area (Å²) < 4.78 is 13.3. The molecule has 2 rings (SSSR count). The van der Waals surface area contributed by atoms with Gasteiger partial charge in [-0.3, -0.25) is 15.0 Å². The molecule has 1 aliphatic heterocycles. The van der Waals surface area contributed by atoms with Gasteiger partial charge in [-0.2, -0.15) is 0 Å². The summed E-state index contributed by atoms with van der Waals surface area (Å²) in [5.41, 5.74) is 0.435. The van der Waals surface area contributed by atoms with Crippen molar-refractivity contribution < 1.29 is 9.31 Å². The Hall–Kier alpha value is -0.950. The first kappa shape index (κ1) is 19.1. The predicted octanol–water partition coefficient (Wildman–Crippen LogP) is 2.54. The second-order valence-electron chi connectivity index (χ2n) is 4.42. The number of halogens is 3. The molecule has 1 heterocycles. The molecule has 1 aromatic rings. The Morgan fingerprint density at radius 3 is 2.50 bits per heavy atom. The van der Waals surface area contributed by atoms with Gasteiger partial charge < -0.3 is 5.32 Å². The van der Waals surface area contributed by atoms with Crippen LogP contribution in [0.2, 0.25) is 0 Å². The lowest BCUT2D eigenvalue weighted by molar-refractivity contribution is -0.386. The summed E-state index contributed by atoms with van der Waals surface area (Å²) in [6.07, 6.45) is 0. The summed E-state index contributed by atoms with van der Waals surface area (Å²) >= 11 is 0. The van der Waals surface area contributed by atoms with E-state index in [1.165, 1.54) is 12.1 Å². The van der Waals surface area contributed by atoms with Crippen molar-refractivity contribution >= 4 is 30.5 Å². The number of nitro groups is 1. The molecule has 0 spiro atoms. The van der Waals surface area contributed by atoms with Crippen LogP contribution in [0.5, 0.6) is 0 Å². The van der Waals surface area contributed by atoms with Crippen LogP contribution in [0.15, 0.2) is 18.2 Å². The number of hydrogen-bond donors (Lipinski definition) is 1. The highest BCUT2D eigenvalue weighted by molar-refractivity contribution is 5.85. The SMILES string of the molecule is C[C@H](c1cc(F)ccc1[N+](=O)[O-])N1CCNCC1.Cl.Cl. The minimum absolute atomic E-state index is 0. The van der Waals surface area contributed by atoms with Crippen LogP contribution in [0.3, 0.4) is 0 Å². The van der Waals surface area contributed by atoms with E-state index in [0.29, 0.717) is 5.56 Å². The van der Waals surface area contributed by atoms with Gasteiger partial charge in [-0.05, 0) is 19.1 Å². The van der Waals surface area contributed by atoms with Gasteiger partial charge in [0, 0.05) is 43.9 Å². The summed E-state index contributed by atoms with van der Waals surface area (Å²) in [7, 11) is 0. The van der Waals surface area contributed by atoms with Gasteiger partial charge in [-0.25, -0.2) is 4.39 Å². The molecule has 0 bridgehead atoms. The maximum absolute atomic E-state index is 13.3. The highest BCUT2D eigenvalue weighted by Gasteiger charge is 2.25. The summed E-state index contributed by atoms with van der Waals surface area (Å²) in [5.74, 6) is -0.433. The van der Waals surface area contributed by atoms with Crippen molar-refractivity contribution in [3.05, 3.63) is 39.7 Å². The van der Waals surface area contributed by atoms with Gasteiger partial charge in [-0.1, -0.05) is 0 Å². The third-order valence-corrected chi connectivity index (χ3v) is 3.34. The Bertz CT molecular complexity index is 456. The van der Waals surface area contributed by atoms with Crippen LogP contribution in [0.25, 0.3) is 0 Å². The fourth-order valence-electron chi connectivity index (χ4n) is 2.29. The van der Waals surface area contributed by atoms with Crippen LogP contribution in [0.1, 0.15) is 18.5 Å². The first-order valence-corrected chi connectivity index (χ1v) is 5.98. The minimum atomic E-state index is -0.451. The van der Waals surface area contributed by atoms with E-state index < -0.39 is 10.7 Å². The van der Waals surface area contributed by atoms with Crippen molar-refractivity contribution in [1.29, 1.82) is 0 Å². The van der Waals surface area contributed by atoms with Crippen LogP contribution in [0, 0.1) is 15.9 Å². The zero-order valence-corrected chi connectivity index (χ0v) is 12.7. The van der Waals surface area contributed by atoms with Crippen molar-refractivity contribution in [2.45, 2.75) is 13.0 Å². The monoisotopic (exact) mass is 325 g/mol. The highest BCUT2D eigenvalue weighted by Crippen LogP contribution is 2.29. The predicted molar refractivity (Wildman–Crippen MR) is 80.4 cm³/mol. The van der Waals surface area contributed by atoms with Crippen LogP contribution in [-0.4, -0.2) is 36.0 Å². The lowest BCUT2D eigenvalue weighted by atomic mass is 10.0. The van der Waals surface area contributed by atoms with E-state index in [2.05, 4.69) is 10.2 Å². The lowest BCUT2D eigenvalue weighted by Crippen LogP contribution is -2.44. The normalized spacial score (nSPS) is 16.7. The number of nitrogens with one attached hydrogen (secondary N) is 1. The molecular formula is C12H18Cl2FN3O2. The van der Waals surface area contributed by atoms with Crippen LogP contribution < -0.4 is 5.32 Å². The second kappa shape index (κ2) is 8.36. The van der Waals surface area contributed by atoms with Gasteiger partial charge in [0.1, 0.15) is 5.82 Å². The summed E-state index contributed by atoms with van der Waals surface area (Å²) in [5, 5.41) is 14.2. The summed E-state index contributed by atoms with van der Waals surface area (Å²) in [6.45, 7) is 5.22. The highest BCUT2D eigenvalue weighted by atomic mass is 35.5. The molecular weight excluding hydrogens is 308 g/mol. The molecule has 1 saturated heterocycles. The van der Waals surface area contributed by atoms with Gasteiger partial charge in [0.25, 0.3) is 5.69 Å². The molecule has 0 saturated carbocycles. The van der Waals surface area contributed by atoms with Crippen LogP contribution in [-0.2, 0) is 0 Å². The maximum atomic E-state index is 13.3. The molecule has 1 N–H and O–H groups in total. The third kappa shape index (κ3) is 4.28. The molecule has 1 aromatic carbocycles. The Morgan fingerprint density at radius 2 is 1.95 bits per heavy atom. The van der Waals surface area contributed by atoms with E-state index in [-0.39, 0.29) is 36.5 Å². The standard InChI is InChI=1S/C12H16FN3O2.2ClH/c1-9(15-6-4-14-5-7-15)11-8-10(13)2-3-12(11)16(17)18;;/h2-3,8-9,14H,4-7H2,1H3;2*1H/t9-;;/m1../s1. The van der Waals surface area contributed by atoms with E-state index in [1.807, 2.05) is 6.92 Å². The Labute approximate surface area is 129 Å². The molecule has 0 radical (unpaired) electrons. The quantitative estimate of drug-likeness (QED) is 0.685. The zero-order chi connectivity index (χ0) is 13.1. The second-order valence-corrected chi connectivity index (χ2v) is 4.42. The minimum Gasteiger partial charge on any atom is -0.314 e. The fourth-order valence-corrected chi connectivity index (χ4v) is 2.29. The molecule has 20 heavy (non-hydrogen) atoms. The summed E-state index contributed by atoms with van der Waals surface area (Å²) in [4.78, 5) is 12.6. The van der Waals surface area contributed by atoms with E-state index in [0.717, 1.165) is 32.2 Å². The third-order valence-electron chi connectivity index (χ3n) is 3.34. The van der Waals surface area contributed by atoms with Gasteiger partial charge in [0.15, 0.2) is 0 Å². The molecule has 114 valence electrons. The van der Waals surface area contributed by atoms with Crippen molar-refractivity contribution in [3.8, 4) is 0 Å². The van der Waals surface area contributed by atoms with E-state index in [4.69, 9.17) is 0 Å². The molecule has 8 heteroatoms. The van der Waals surface area contributed by atoms with E-state index >= 15 is 0 Å². The first-order valence-electron chi connectivity index (χ1n) is 5.98. The molecule has 0 aromatic heterocycles. The number of benzene rings is 1.